The Bertz CT molecular complexity index is 690. The SMILES string of the molecule is O=C(NCc1ccc(COCC(F)(F)F)cc1)NC1CCS(=O)(=O)C1. The lowest BCUT2D eigenvalue weighted by Crippen LogP contribution is -2.42. The average Bonchev–Trinajstić information content (AvgIpc) is 2.84. The summed E-state index contributed by atoms with van der Waals surface area (Å²) in [5.74, 6) is 0.0306. The number of hydrogen-bond donors (Lipinski definition) is 2. The van der Waals surface area contributed by atoms with Crippen molar-refractivity contribution in [3.8, 4) is 0 Å². The molecule has 140 valence electrons. The third-order valence-electron chi connectivity index (χ3n) is 3.58. The number of sulfone groups is 1. The highest BCUT2D eigenvalue weighted by molar-refractivity contribution is 7.91. The summed E-state index contributed by atoms with van der Waals surface area (Å²) in [4.78, 5) is 11.7. The van der Waals surface area contributed by atoms with Crippen LogP contribution in [-0.4, -0.2) is 44.8 Å². The van der Waals surface area contributed by atoms with E-state index in [1.165, 1.54) is 0 Å². The van der Waals surface area contributed by atoms with Crippen molar-refractivity contribution >= 4 is 15.9 Å². The molecule has 1 fully saturated rings. The molecule has 0 spiro atoms. The maximum absolute atomic E-state index is 12.0. The van der Waals surface area contributed by atoms with Crippen molar-refractivity contribution in [3.05, 3.63) is 35.4 Å². The quantitative estimate of drug-likeness (QED) is 0.788. The second-order valence-corrected chi connectivity index (χ2v) is 8.08. The summed E-state index contributed by atoms with van der Waals surface area (Å²) in [7, 11) is -3.05. The monoisotopic (exact) mass is 380 g/mol. The van der Waals surface area contributed by atoms with E-state index in [1.807, 2.05) is 0 Å². The van der Waals surface area contributed by atoms with Gasteiger partial charge in [0.25, 0.3) is 0 Å². The van der Waals surface area contributed by atoms with Gasteiger partial charge in [-0.1, -0.05) is 24.3 Å². The van der Waals surface area contributed by atoms with Crippen LogP contribution in [-0.2, 0) is 27.7 Å². The fourth-order valence-corrected chi connectivity index (χ4v) is 4.04. The first-order valence-corrected chi connectivity index (χ1v) is 9.42. The number of halogens is 3. The Hall–Kier alpha value is -1.81. The lowest BCUT2D eigenvalue weighted by molar-refractivity contribution is -0.176. The smallest absolute Gasteiger partial charge is 0.367 e. The lowest BCUT2D eigenvalue weighted by atomic mass is 10.1. The minimum absolute atomic E-state index is 0.0486. The molecule has 1 aromatic rings. The summed E-state index contributed by atoms with van der Waals surface area (Å²) in [6, 6.07) is 5.75. The second-order valence-electron chi connectivity index (χ2n) is 5.85. The summed E-state index contributed by atoms with van der Waals surface area (Å²) in [5.41, 5.74) is 1.35. The van der Waals surface area contributed by atoms with Crippen LogP contribution in [0.15, 0.2) is 24.3 Å². The number of carbonyl (C=O) groups excluding carboxylic acids is 1. The fourth-order valence-electron chi connectivity index (χ4n) is 2.37. The zero-order valence-corrected chi connectivity index (χ0v) is 14.1. The molecule has 1 heterocycles. The van der Waals surface area contributed by atoms with Crippen LogP contribution in [0.25, 0.3) is 0 Å². The number of hydrogen-bond acceptors (Lipinski definition) is 4. The van der Waals surface area contributed by atoms with Gasteiger partial charge in [0.15, 0.2) is 9.84 Å². The van der Waals surface area contributed by atoms with E-state index in [0.717, 1.165) is 5.56 Å². The van der Waals surface area contributed by atoms with Crippen LogP contribution in [0.1, 0.15) is 17.5 Å². The van der Waals surface area contributed by atoms with Gasteiger partial charge >= 0.3 is 12.2 Å². The molecule has 1 aromatic carbocycles. The molecule has 0 saturated carbocycles. The van der Waals surface area contributed by atoms with Crippen LogP contribution in [0.5, 0.6) is 0 Å². The van der Waals surface area contributed by atoms with Gasteiger partial charge in [-0.15, -0.1) is 0 Å². The summed E-state index contributed by atoms with van der Waals surface area (Å²) in [6.07, 6.45) is -3.95. The molecular weight excluding hydrogens is 361 g/mol. The van der Waals surface area contributed by atoms with Crippen LogP contribution in [0, 0.1) is 0 Å². The van der Waals surface area contributed by atoms with E-state index >= 15 is 0 Å². The van der Waals surface area contributed by atoms with Gasteiger partial charge in [0.2, 0.25) is 0 Å². The Morgan fingerprint density at radius 2 is 1.84 bits per heavy atom. The molecule has 6 nitrogen and oxygen atoms in total. The predicted octanol–water partition coefficient (Wildman–Crippen LogP) is 1.75. The minimum atomic E-state index is -4.35. The van der Waals surface area contributed by atoms with Gasteiger partial charge in [0.05, 0.1) is 18.1 Å². The van der Waals surface area contributed by atoms with E-state index in [9.17, 15) is 26.4 Å². The standard InChI is InChI=1S/C15H19F3N2O4S/c16-15(17,18)10-24-8-12-3-1-11(2-4-12)7-19-14(21)20-13-5-6-25(22,23)9-13/h1-4,13H,5-10H2,(H2,19,20,21). The molecule has 1 atom stereocenters. The summed E-state index contributed by atoms with van der Waals surface area (Å²) < 4.78 is 63.1. The largest absolute Gasteiger partial charge is 0.411 e. The van der Waals surface area contributed by atoms with Crippen molar-refractivity contribution < 1.29 is 31.1 Å². The van der Waals surface area contributed by atoms with Crippen molar-refractivity contribution in [1.29, 1.82) is 0 Å². The maximum atomic E-state index is 12.0. The van der Waals surface area contributed by atoms with Crippen molar-refractivity contribution in [3.63, 3.8) is 0 Å². The third-order valence-corrected chi connectivity index (χ3v) is 5.35. The molecule has 2 rings (SSSR count). The van der Waals surface area contributed by atoms with E-state index in [-0.39, 0.29) is 30.7 Å². The van der Waals surface area contributed by atoms with Crippen LogP contribution >= 0.6 is 0 Å². The molecule has 1 unspecified atom stereocenters. The van der Waals surface area contributed by atoms with Crippen LogP contribution in [0.3, 0.4) is 0 Å². The summed E-state index contributed by atoms with van der Waals surface area (Å²) in [5, 5.41) is 5.21. The number of carbonyl (C=O) groups is 1. The van der Waals surface area contributed by atoms with Gasteiger partial charge in [-0.2, -0.15) is 13.2 Å². The second kappa shape index (κ2) is 8.05. The normalized spacial score (nSPS) is 19.6. The van der Waals surface area contributed by atoms with Crippen LogP contribution in [0.4, 0.5) is 18.0 Å². The van der Waals surface area contributed by atoms with Crippen molar-refractivity contribution in [2.45, 2.75) is 31.8 Å². The molecular formula is C15H19F3N2O4S. The maximum Gasteiger partial charge on any atom is 0.411 e. The highest BCUT2D eigenvalue weighted by Crippen LogP contribution is 2.16. The Labute approximate surface area is 143 Å². The van der Waals surface area contributed by atoms with Gasteiger partial charge in [0, 0.05) is 12.6 Å². The Morgan fingerprint density at radius 1 is 1.20 bits per heavy atom. The van der Waals surface area contributed by atoms with Gasteiger partial charge in [0.1, 0.15) is 6.61 Å². The molecule has 0 bridgehead atoms. The highest BCUT2D eigenvalue weighted by atomic mass is 32.2. The average molecular weight is 380 g/mol. The van der Waals surface area contributed by atoms with Crippen molar-refractivity contribution in [2.75, 3.05) is 18.1 Å². The van der Waals surface area contributed by atoms with Crippen LogP contribution in [0.2, 0.25) is 0 Å². The first-order valence-electron chi connectivity index (χ1n) is 7.60. The molecule has 1 saturated heterocycles. The molecule has 2 amide bonds. The number of rotatable bonds is 6. The Balaban J connectivity index is 1.71. The zero-order chi connectivity index (χ0) is 18.5. The molecule has 2 N–H and O–H groups in total. The van der Waals surface area contributed by atoms with E-state index < -0.39 is 28.7 Å². The number of alkyl halides is 3. The van der Waals surface area contributed by atoms with E-state index in [1.54, 1.807) is 24.3 Å². The molecule has 0 aromatic heterocycles. The number of amides is 2. The predicted molar refractivity (Wildman–Crippen MR) is 84.6 cm³/mol. The Morgan fingerprint density at radius 3 is 2.40 bits per heavy atom. The number of benzene rings is 1. The topological polar surface area (TPSA) is 84.5 Å². The van der Waals surface area contributed by atoms with Gasteiger partial charge in [-0.05, 0) is 17.5 Å². The molecule has 1 aliphatic heterocycles. The first-order chi connectivity index (χ1) is 11.6. The van der Waals surface area contributed by atoms with Crippen molar-refractivity contribution in [1.82, 2.24) is 10.6 Å². The molecule has 0 aliphatic carbocycles. The van der Waals surface area contributed by atoms with Gasteiger partial charge < -0.3 is 15.4 Å². The third kappa shape index (κ3) is 7.30. The summed E-state index contributed by atoms with van der Waals surface area (Å²) >= 11 is 0. The number of ether oxygens (including phenoxy) is 1. The van der Waals surface area contributed by atoms with Gasteiger partial charge in [-0.3, -0.25) is 0 Å². The number of urea groups is 1. The first kappa shape index (κ1) is 19.5. The Kier molecular flexibility index (Phi) is 6.28. The molecule has 1 aliphatic rings. The van der Waals surface area contributed by atoms with E-state index in [4.69, 9.17) is 0 Å². The summed E-state index contributed by atoms with van der Waals surface area (Å²) in [6.45, 7) is -1.23. The molecule has 25 heavy (non-hydrogen) atoms. The lowest BCUT2D eigenvalue weighted by Gasteiger charge is -2.12. The fraction of sp³-hybridized carbons (Fsp3) is 0.533. The molecule has 10 heteroatoms. The van der Waals surface area contributed by atoms with Gasteiger partial charge in [-0.25, -0.2) is 13.2 Å². The van der Waals surface area contributed by atoms with E-state index in [0.29, 0.717) is 12.0 Å². The molecule has 0 radical (unpaired) electrons. The van der Waals surface area contributed by atoms with E-state index in [2.05, 4.69) is 15.4 Å². The minimum Gasteiger partial charge on any atom is -0.367 e. The highest BCUT2D eigenvalue weighted by Gasteiger charge is 2.29. The van der Waals surface area contributed by atoms with Crippen LogP contribution < -0.4 is 10.6 Å². The number of nitrogens with one attached hydrogen (secondary N) is 2. The van der Waals surface area contributed by atoms with Crippen molar-refractivity contribution in [2.24, 2.45) is 0 Å². The zero-order valence-electron chi connectivity index (χ0n) is 13.3.